The van der Waals surface area contributed by atoms with E-state index in [4.69, 9.17) is 4.52 Å². The minimum absolute atomic E-state index is 0.410. The molecule has 5 heteroatoms. The number of aromatic nitrogens is 2. The molecule has 1 aliphatic rings. The molecule has 3 rings (SSSR count). The summed E-state index contributed by atoms with van der Waals surface area (Å²) in [7, 11) is 0. The fourth-order valence-corrected chi connectivity index (χ4v) is 2.91. The van der Waals surface area contributed by atoms with Crippen LogP contribution in [0.1, 0.15) is 31.6 Å². The molecule has 2 aromatic heterocycles. The summed E-state index contributed by atoms with van der Waals surface area (Å²) in [6.07, 6.45) is 2.16. The first kappa shape index (κ1) is 10.9. The molecule has 1 fully saturated rings. The molecule has 0 aromatic carbocycles. The summed E-state index contributed by atoms with van der Waals surface area (Å²) in [6, 6.07) is 4.55. The van der Waals surface area contributed by atoms with E-state index < -0.39 is 0 Å². The second-order valence-corrected chi connectivity index (χ2v) is 5.46. The van der Waals surface area contributed by atoms with Gasteiger partial charge in [0.2, 0.25) is 11.7 Å². The van der Waals surface area contributed by atoms with Crippen molar-refractivity contribution in [2.24, 2.45) is 0 Å². The Morgan fingerprint density at radius 1 is 1.53 bits per heavy atom. The minimum Gasteiger partial charge on any atom is -0.339 e. The Balaban J connectivity index is 1.80. The highest BCUT2D eigenvalue weighted by Crippen LogP contribution is 2.29. The summed E-state index contributed by atoms with van der Waals surface area (Å²) in [4.78, 5) is 5.59. The van der Waals surface area contributed by atoms with Gasteiger partial charge in [0.1, 0.15) is 0 Å². The number of rotatable bonds is 2. The van der Waals surface area contributed by atoms with E-state index in [2.05, 4.69) is 22.4 Å². The molecule has 17 heavy (non-hydrogen) atoms. The second kappa shape index (κ2) is 4.58. The van der Waals surface area contributed by atoms with Crippen molar-refractivity contribution in [3.8, 4) is 10.7 Å². The summed E-state index contributed by atoms with van der Waals surface area (Å²) in [6.45, 7) is 3.23. The molecule has 90 valence electrons. The van der Waals surface area contributed by atoms with Gasteiger partial charge in [0.25, 0.3) is 0 Å². The van der Waals surface area contributed by atoms with E-state index in [1.165, 1.54) is 0 Å². The van der Waals surface area contributed by atoms with Gasteiger partial charge in [-0.1, -0.05) is 11.2 Å². The highest BCUT2D eigenvalue weighted by molar-refractivity contribution is 7.13. The van der Waals surface area contributed by atoms with Crippen LogP contribution in [-0.4, -0.2) is 22.7 Å². The van der Waals surface area contributed by atoms with Crippen molar-refractivity contribution in [1.29, 1.82) is 0 Å². The lowest BCUT2D eigenvalue weighted by Crippen LogP contribution is -2.34. The molecule has 0 amide bonds. The summed E-state index contributed by atoms with van der Waals surface area (Å²) in [5.41, 5.74) is 0. The van der Waals surface area contributed by atoms with Crippen LogP contribution in [0.15, 0.2) is 22.0 Å². The Hall–Kier alpha value is -1.20. The van der Waals surface area contributed by atoms with Crippen molar-refractivity contribution in [3.05, 3.63) is 23.4 Å². The van der Waals surface area contributed by atoms with Crippen molar-refractivity contribution in [2.45, 2.75) is 31.7 Å². The van der Waals surface area contributed by atoms with Gasteiger partial charge in [-0.05, 0) is 37.8 Å². The van der Waals surface area contributed by atoms with Crippen LogP contribution in [-0.2, 0) is 0 Å². The molecule has 0 spiro atoms. The highest BCUT2D eigenvalue weighted by Gasteiger charge is 2.25. The zero-order valence-corrected chi connectivity index (χ0v) is 10.5. The van der Waals surface area contributed by atoms with Crippen LogP contribution in [0, 0.1) is 0 Å². The van der Waals surface area contributed by atoms with Crippen LogP contribution in [0.4, 0.5) is 0 Å². The molecule has 1 saturated heterocycles. The normalized spacial score (nSPS) is 25.0. The molecule has 2 atom stereocenters. The van der Waals surface area contributed by atoms with E-state index in [0.29, 0.717) is 12.0 Å². The van der Waals surface area contributed by atoms with Crippen molar-refractivity contribution in [1.82, 2.24) is 15.5 Å². The molecule has 1 N–H and O–H groups in total. The van der Waals surface area contributed by atoms with Gasteiger partial charge in [-0.3, -0.25) is 0 Å². The van der Waals surface area contributed by atoms with E-state index in [1.807, 2.05) is 17.5 Å². The van der Waals surface area contributed by atoms with Gasteiger partial charge in [-0.15, -0.1) is 11.3 Å². The van der Waals surface area contributed by atoms with Gasteiger partial charge < -0.3 is 9.84 Å². The molecule has 0 bridgehead atoms. The number of hydrogen-bond acceptors (Lipinski definition) is 5. The van der Waals surface area contributed by atoms with Crippen LogP contribution in [0.5, 0.6) is 0 Å². The van der Waals surface area contributed by atoms with Gasteiger partial charge in [-0.25, -0.2) is 0 Å². The predicted molar refractivity (Wildman–Crippen MR) is 67.1 cm³/mol. The Bertz CT molecular complexity index is 480. The monoisotopic (exact) mass is 249 g/mol. The topological polar surface area (TPSA) is 51.0 Å². The molecule has 0 aliphatic carbocycles. The van der Waals surface area contributed by atoms with Crippen molar-refractivity contribution < 1.29 is 4.52 Å². The van der Waals surface area contributed by atoms with Crippen molar-refractivity contribution >= 4 is 11.3 Å². The van der Waals surface area contributed by atoms with Gasteiger partial charge in [-0.2, -0.15) is 4.98 Å². The molecule has 4 nitrogen and oxygen atoms in total. The SMILES string of the molecule is CC1CC(c2nc(-c3cccs3)no2)CCN1. The maximum Gasteiger partial charge on any atom is 0.230 e. The first-order valence-electron chi connectivity index (χ1n) is 5.94. The third-order valence-electron chi connectivity index (χ3n) is 3.16. The molecule has 1 aliphatic heterocycles. The van der Waals surface area contributed by atoms with Gasteiger partial charge in [0.15, 0.2) is 0 Å². The smallest absolute Gasteiger partial charge is 0.230 e. The van der Waals surface area contributed by atoms with E-state index in [0.717, 1.165) is 36.0 Å². The Morgan fingerprint density at radius 3 is 3.24 bits per heavy atom. The lowest BCUT2D eigenvalue weighted by Gasteiger charge is -2.25. The molecular weight excluding hydrogens is 234 g/mol. The average Bonchev–Trinajstić information content (AvgIpc) is 3.00. The van der Waals surface area contributed by atoms with Crippen LogP contribution in [0.3, 0.4) is 0 Å². The number of thiophene rings is 1. The third kappa shape index (κ3) is 2.25. The second-order valence-electron chi connectivity index (χ2n) is 4.51. The molecular formula is C12H15N3OS. The molecule has 0 saturated carbocycles. The number of piperidine rings is 1. The van der Waals surface area contributed by atoms with Crippen LogP contribution in [0.25, 0.3) is 10.7 Å². The first-order valence-corrected chi connectivity index (χ1v) is 6.82. The zero-order chi connectivity index (χ0) is 11.7. The lowest BCUT2D eigenvalue weighted by molar-refractivity contribution is 0.295. The number of hydrogen-bond donors (Lipinski definition) is 1. The van der Waals surface area contributed by atoms with Crippen LogP contribution < -0.4 is 5.32 Å². The van der Waals surface area contributed by atoms with E-state index in [-0.39, 0.29) is 0 Å². The Kier molecular flexibility index (Phi) is 2.94. The van der Waals surface area contributed by atoms with E-state index >= 15 is 0 Å². The first-order chi connectivity index (χ1) is 8.33. The summed E-state index contributed by atoms with van der Waals surface area (Å²) < 4.78 is 5.39. The van der Waals surface area contributed by atoms with Crippen molar-refractivity contribution in [3.63, 3.8) is 0 Å². The third-order valence-corrected chi connectivity index (χ3v) is 4.02. The average molecular weight is 249 g/mol. The summed E-state index contributed by atoms with van der Waals surface area (Å²) in [5, 5.41) is 9.52. The summed E-state index contributed by atoms with van der Waals surface area (Å²) >= 11 is 1.64. The molecule has 2 aromatic rings. The zero-order valence-electron chi connectivity index (χ0n) is 9.72. The lowest BCUT2D eigenvalue weighted by atomic mass is 9.93. The van der Waals surface area contributed by atoms with Gasteiger partial charge in [0, 0.05) is 12.0 Å². The summed E-state index contributed by atoms with van der Waals surface area (Å²) in [5.74, 6) is 1.93. The van der Waals surface area contributed by atoms with Gasteiger partial charge in [0.05, 0.1) is 4.88 Å². The number of nitrogens with zero attached hydrogens (tertiary/aromatic N) is 2. The van der Waals surface area contributed by atoms with Crippen LogP contribution in [0.2, 0.25) is 0 Å². The fraction of sp³-hybridized carbons (Fsp3) is 0.500. The number of nitrogens with one attached hydrogen (secondary N) is 1. The van der Waals surface area contributed by atoms with Crippen molar-refractivity contribution in [2.75, 3.05) is 6.54 Å². The molecule has 2 unspecified atom stereocenters. The van der Waals surface area contributed by atoms with Crippen LogP contribution >= 0.6 is 11.3 Å². The maximum absolute atomic E-state index is 5.39. The highest BCUT2D eigenvalue weighted by atomic mass is 32.1. The quantitative estimate of drug-likeness (QED) is 0.889. The van der Waals surface area contributed by atoms with E-state index in [9.17, 15) is 0 Å². The Morgan fingerprint density at radius 2 is 2.47 bits per heavy atom. The fourth-order valence-electron chi connectivity index (χ4n) is 2.26. The maximum atomic E-state index is 5.39. The predicted octanol–water partition coefficient (Wildman–Crippen LogP) is 2.65. The van der Waals surface area contributed by atoms with E-state index in [1.54, 1.807) is 11.3 Å². The molecule has 3 heterocycles. The standard InChI is InChI=1S/C12H15N3OS/c1-8-7-9(4-5-13-8)12-14-11(15-16-12)10-3-2-6-17-10/h2-3,6,8-9,13H,4-5,7H2,1H3. The Labute approximate surface area is 104 Å². The molecule has 0 radical (unpaired) electrons. The van der Waals surface area contributed by atoms with Gasteiger partial charge >= 0.3 is 0 Å². The minimum atomic E-state index is 0.410. The largest absolute Gasteiger partial charge is 0.339 e.